The summed E-state index contributed by atoms with van der Waals surface area (Å²) in [5, 5.41) is 35.3. The van der Waals surface area contributed by atoms with E-state index < -0.39 is 36.4 Å². The second kappa shape index (κ2) is 14.8. The average Bonchev–Trinajstić information content (AvgIpc) is 3.14. The van der Waals surface area contributed by atoms with Gasteiger partial charge in [-0.2, -0.15) is 0 Å². The monoisotopic (exact) mass is 627 g/mol. The first-order valence-corrected chi connectivity index (χ1v) is 16.3. The number of likely N-dealkylation sites (N-methyl/N-ethyl adjacent to an activating group) is 1. The third-order valence-electron chi connectivity index (χ3n) is 10.0. The minimum absolute atomic E-state index is 0.119. The standard InChI is InChI=1S/C28H41N3O.C6H8O7/c1-4-5-15-31-19-20-17-26-24(23-13-10-14-25(31)27(20)23)16-21(18-29(26)2)28(32)30(3)22-11-8-6-7-9-12-22;7-3(8)1-6(13,5(11)12)2-4(9)10/h10,13-14,19,21-22,24,26H,4-9,11-12,15-18H2,1-3H3;13H,1-2H2,(H,7,8)(H,9,10)(H,11,12)/t21-,24-,26-;/m1./s1. The van der Waals surface area contributed by atoms with Crippen LogP contribution in [0.4, 0.5) is 0 Å². The van der Waals surface area contributed by atoms with Crippen LogP contribution in [-0.4, -0.2) is 96.9 Å². The topological polar surface area (TPSA) is 161 Å². The summed E-state index contributed by atoms with van der Waals surface area (Å²) in [6.07, 6.45) is 12.3. The van der Waals surface area contributed by atoms with Crippen molar-refractivity contribution < 1.29 is 39.6 Å². The number of aliphatic carboxylic acids is 3. The van der Waals surface area contributed by atoms with Crippen LogP contribution in [0.2, 0.25) is 0 Å². The summed E-state index contributed by atoms with van der Waals surface area (Å²) in [5.41, 5.74) is 1.67. The molecule has 2 aromatic rings. The van der Waals surface area contributed by atoms with E-state index >= 15 is 0 Å². The Balaban J connectivity index is 0.000000302. The zero-order valence-electron chi connectivity index (χ0n) is 26.8. The molecule has 0 bridgehead atoms. The van der Waals surface area contributed by atoms with Crippen molar-refractivity contribution in [2.75, 3.05) is 20.6 Å². The maximum absolute atomic E-state index is 13.6. The van der Waals surface area contributed by atoms with Crippen LogP contribution in [0.25, 0.3) is 10.9 Å². The fraction of sp³-hybridized carbons (Fsp3) is 0.647. The van der Waals surface area contributed by atoms with E-state index in [-0.39, 0.29) is 5.92 Å². The predicted octanol–water partition coefficient (Wildman–Crippen LogP) is 4.33. The molecule has 4 N–H and O–H groups in total. The summed E-state index contributed by atoms with van der Waals surface area (Å²) in [6.45, 7) is 4.27. The molecule has 2 aliphatic carbocycles. The molecule has 0 unspecified atom stereocenters. The smallest absolute Gasteiger partial charge is 0.336 e. The summed E-state index contributed by atoms with van der Waals surface area (Å²) < 4.78 is 2.48. The van der Waals surface area contributed by atoms with Crippen molar-refractivity contribution in [1.29, 1.82) is 0 Å². The van der Waals surface area contributed by atoms with Gasteiger partial charge in [0.25, 0.3) is 0 Å². The minimum atomic E-state index is -2.74. The van der Waals surface area contributed by atoms with Gasteiger partial charge in [-0.3, -0.25) is 14.4 Å². The van der Waals surface area contributed by atoms with E-state index in [1.54, 1.807) is 0 Å². The number of carboxylic acid groups (broad SMARTS) is 3. The molecule has 3 atom stereocenters. The van der Waals surface area contributed by atoms with Gasteiger partial charge in [0.2, 0.25) is 5.91 Å². The lowest BCUT2D eigenvalue weighted by molar-refractivity contribution is -0.170. The summed E-state index contributed by atoms with van der Waals surface area (Å²) in [5.74, 6) is -4.05. The number of unbranched alkanes of at least 4 members (excludes halogenated alkanes) is 1. The van der Waals surface area contributed by atoms with Crippen molar-refractivity contribution in [3.8, 4) is 0 Å². The van der Waals surface area contributed by atoms with Crippen molar-refractivity contribution in [2.45, 2.75) is 114 Å². The fourth-order valence-electron chi connectivity index (χ4n) is 7.64. The maximum atomic E-state index is 13.6. The normalized spacial score (nSPS) is 22.1. The van der Waals surface area contributed by atoms with Crippen LogP contribution in [0.5, 0.6) is 0 Å². The molecule has 2 fully saturated rings. The Morgan fingerprint density at radius 1 is 1.00 bits per heavy atom. The molecule has 0 spiro atoms. The Morgan fingerprint density at radius 3 is 2.22 bits per heavy atom. The van der Waals surface area contributed by atoms with Crippen LogP contribution in [0.15, 0.2) is 24.4 Å². The van der Waals surface area contributed by atoms with E-state index in [1.807, 2.05) is 0 Å². The molecule has 1 amide bonds. The molecule has 45 heavy (non-hydrogen) atoms. The molecule has 11 nitrogen and oxygen atoms in total. The first-order valence-electron chi connectivity index (χ1n) is 16.3. The molecule has 1 aromatic heterocycles. The van der Waals surface area contributed by atoms with Crippen molar-refractivity contribution in [3.05, 3.63) is 35.5 Å². The molecule has 5 rings (SSSR count). The van der Waals surface area contributed by atoms with Gasteiger partial charge in [-0.1, -0.05) is 51.2 Å². The number of carboxylic acids is 3. The number of benzene rings is 1. The van der Waals surface area contributed by atoms with Crippen LogP contribution < -0.4 is 0 Å². The van der Waals surface area contributed by atoms with Gasteiger partial charge in [-0.25, -0.2) is 4.79 Å². The SMILES string of the molecule is CCCCn1cc2c3c(cccc31)[C@H]1C[C@@H](C(=O)N(C)C3CCCCCC3)CN(C)[C@@H]1C2.O=C(O)CC(O)(CC(=O)O)C(=O)O. The van der Waals surface area contributed by atoms with E-state index in [4.69, 9.17) is 20.4 Å². The highest BCUT2D eigenvalue weighted by molar-refractivity contribution is 5.90. The maximum Gasteiger partial charge on any atom is 0.336 e. The molecule has 1 aromatic carbocycles. The first-order chi connectivity index (χ1) is 21.4. The molecule has 248 valence electrons. The summed E-state index contributed by atoms with van der Waals surface area (Å²) in [7, 11) is 4.33. The van der Waals surface area contributed by atoms with Gasteiger partial charge in [0.15, 0.2) is 5.60 Å². The minimum Gasteiger partial charge on any atom is -0.481 e. The number of rotatable bonds is 10. The van der Waals surface area contributed by atoms with Crippen molar-refractivity contribution in [1.82, 2.24) is 14.4 Å². The van der Waals surface area contributed by atoms with Gasteiger partial charge in [0.05, 0.1) is 18.8 Å². The van der Waals surface area contributed by atoms with E-state index in [2.05, 4.69) is 59.8 Å². The van der Waals surface area contributed by atoms with Crippen LogP contribution in [0.1, 0.15) is 94.6 Å². The number of hydrogen-bond acceptors (Lipinski definition) is 6. The van der Waals surface area contributed by atoms with Gasteiger partial charge in [-0.15, -0.1) is 0 Å². The third-order valence-corrected chi connectivity index (χ3v) is 10.0. The molecular weight excluding hydrogens is 578 g/mol. The molecule has 1 aliphatic heterocycles. The molecule has 3 aliphatic rings. The highest BCUT2D eigenvalue weighted by Crippen LogP contribution is 2.45. The van der Waals surface area contributed by atoms with Gasteiger partial charge in [0.1, 0.15) is 0 Å². The number of hydrogen-bond donors (Lipinski definition) is 4. The van der Waals surface area contributed by atoms with Gasteiger partial charge >= 0.3 is 17.9 Å². The van der Waals surface area contributed by atoms with E-state index in [1.165, 1.54) is 73.4 Å². The number of nitrogens with zero attached hydrogens (tertiary/aromatic N) is 3. The number of amides is 1. The zero-order chi connectivity index (χ0) is 32.9. The van der Waals surface area contributed by atoms with Crippen LogP contribution >= 0.6 is 0 Å². The summed E-state index contributed by atoms with van der Waals surface area (Å²) in [4.78, 5) is 48.8. The van der Waals surface area contributed by atoms with E-state index in [0.29, 0.717) is 23.9 Å². The number of aryl methyl sites for hydroxylation is 1. The van der Waals surface area contributed by atoms with E-state index in [0.717, 1.165) is 25.9 Å². The Hall–Kier alpha value is -3.44. The lowest BCUT2D eigenvalue weighted by atomic mass is 9.72. The molecular formula is C34H49N3O8. The van der Waals surface area contributed by atoms with Gasteiger partial charge in [-0.05, 0) is 56.3 Å². The van der Waals surface area contributed by atoms with Crippen molar-refractivity contribution in [2.24, 2.45) is 5.92 Å². The molecule has 2 heterocycles. The Bertz CT molecular complexity index is 1360. The predicted molar refractivity (Wildman–Crippen MR) is 169 cm³/mol. The summed E-state index contributed by atoms with van der Waals surface area (Å²) >= 11 is 0. The number of aliphatic hydroxyl groups is 1. The Kier molecular flexibility index (Phi) is 11.3. The molecule has 1 saturated carbocycles. The highest BCUT2D eigenvalue weighted by atomic mass is 16.4. The first kappa shape index (κ1) is 34.4. The second-order valence-corrected chi connectivity index (χ2v) is 13.3. The summed E-state index contributed by atoms with van der Waals surface area (Å²) in [6, 6.07) is 7.86. The van der Waals surface area contributed by atoms with Crippen molar-refractivity contribution in [3.63, 3.8) is 0 Å². The third kappa shape index (κ3) is 7.87. The molecule has 1 saturated heterocycles. The zero-order valence-corrected chi connectivity index (χ0v) is 26.8. The van der Waals surface area contributed by atoms with Gasteiger partial charge in [0, 0.05) is 55.2 Å². The van der Waals surface area contributed by atoms with Gasteiger partial charge < -0.3 is 34.8 Å². The number of carbonyl (C=O) groups is 4. The highest BCUT2D eigenvalue weighted by Gasteiger charge is 2.43. The number of piperidine rings is 1. The number of carbonyl (C=O) groups excluding carboxylic acids is 1. The quantitative estimate of drug-likeness (QED) is 0.281. The largest absolute Gasteiger partial charge is 0.481 e. The van der Waals surface area contributed by atoms with Crippen LogP contribution in [-0.2, 0) is 32.1 Å². The molecule has 11 heteroatoms. The lowest BCUT2D eigenvalue weighted by Gasteiger charge is -2.46. The van der Waals surface area contributed by atoms with Crippen LogP contribution in [0, 0.1) is 5.92 Å². The lowest BCUT2D eigenvalue weighted by Crippen LogP contribution is -2.52. The van der Waals surface area contributed by atoms with Crippen LogP contribution in [0.3, 0.4) is 0 Å². The number of aromatic nitrogens is 1. The Labute approximate surface area is 264 Å². The van der Waals surface area contributed by atoms with E-state index in [9.17, 15) is 19.2 Å². The second-order valence-electron chi connectivity index (χ2n) is 13.3. The number of likely N-dealkylation sites (tertiary alicyclic amines) is 1. The average molecular weight is 628 g/mol. The number of fused-ring (bicyclic) bond motifs is 2. The fourth-order valence-corrected chi connectivity index (χ4v) is 7.64. The van der Waals surface area contributed by atoms with Crippen molar-refractivity contribution >= 4 is 34.7 Å². The Morgan fingerprint density at radius 2 is 1.64 bits per heavy atom. The molecule has 0 radical (unpaired) electrons.